The minimum Gasteiger partial charge on any atom is -0.446 e. The van der Waals surface area contributed by atoms with Gasteiger partial charge in [-0.05, 0) is 18.6 Å². The number of methoxy groups -OCH3 is 1. The third kappa shape index (κ3) is 4.07. The van der Waals surface area contributed by atoms with E-state index in [2.05, 4.69) is 4.72 Å². The van der Waals surface area contributed by atoms with E-state index in [-0.39, 0.29) is 37.1 Å². The van der Waals surface area contributed by atoms with Gasteiger partial charge in [0.25, 0.3) is 10.0 Å². The Hall–Kier alpha value is -0.930. The van der Waals surface area contributed by atoms with E-state index in [9.17, 15) is 8.42 Å². The minimum atomic E-state index is -3.81. The highest BCUT2D eigenvalue weighted by atomic mass is 32.2. The monoisotopic (exact) mass is 279 g/mol. The van der Waals surface area contributed by atoms with Crippen molar-refractivity contribution in [3.05, 3.63) is 17.9 Å². The molecule has 1 aromatic rings. The van der Waals surface area contributed by atoms with Crippen molar-refractivity contribution in [2.24, 2.45) is 0 Å². The second kappa shape index (κ2) is 6.86. The molecule has 1 aromatic heterocycles. The zero-order chi connectivity index (χ0) is 13.6. The predicted molar refractivity (Wildman–Crippen MR) is 62.3 cm³/mol. The van der Waals surface area contributed by atoms with Crippen LogP contribution in [-0.2, 0) is 21.4 Å². The lowest BCUT2D eigenvalue weighted by atomic mass is 10.2. The molecule has 1 unspecified atom stereocenters. The summed E-state index contributed by atoms with van der Waals surface area (Å²) in [7, 11) is -2.37. The van der Waals surface area contributed by atoms with Gasteiger partial charge in [-0.15, -0.1) is 0 Å². The van der Waals surface area contributed by atoms with Gasteiger partial charge in [0.1, 0.15) is 12.4 Å². The molecule has 0 aliphatic rings. The molecule has 0 amide bonds. The summed E-state index contributed by atoms with van der Waals surface area (Å²) in [4.78, 5) is 0. The summed E-state index contributed by atoms with van der Waals surface area (Å²) in [6.45, 7) is -0.377. The van der Waals surface area contributed by atoms with E-state index in [1.54, 1.807) is 0 Å². The van der Waals surface area contributed by atoms with E-state index in [1.165, 1.54) is 19.2 Å². The van der Waals surface area contributed by atoms with E-state index in [0.717, 1.165) is 0 Å². The summed E-state index contributed by atoms with van der Waals surface area (Å²) in [6, 6.07) is 2.11. The van der Waals surface area contributed by atoms with Crippen LogP contribution in [-0.4, -0.2) is 45.0 Å². The molecule has 3 N–H and O–H groups in total. The molecule has 0 bridgehead atoms. The van der Waals surface area contributed by atoms with E-state index < -0.39 is 16.1 Å². The Morgan fingerprint density at radius 3 is 2.67 bits per heavy atom. The van der Waals surface area contributed by atoms with Crippen molar-refractivity contribution in [3.63, 3.8) is 0 Å². The number of nitrogens with one attached hydrogen (secondary N) is 1. The fourth-order valence-electron chi connectivity index (χ4n) is 1.40. The maximum atomic E-state index is 11.9. The van der Waals surface area contributed by atoms with Crippen molar-refractivity contribution in [2.45, 2.75) is 24.2 Å². The molecule has 0 aliphatic carbocycles. The standard InChI is InChI=1S/C10H17NO6S/c1-16-7-8(4-5-12)11-18(14,15)10-3-2-9(6-13)17-10/h2-3,8,11-13H,4-7H2,1H3. The summed E-state index contributed by atoms with van der Waals surface area (Å²) in [6.07, 6.45) is 0.237. The first-order valence-corrected chi connectivity index (χ1v) is 6.83. The number of rotatable bonds is 8. The number of furan rings is 1. The van der Waals surface area contributed by atoms with Crippen molar-refractivity contribution in [1.29, 1.82) is 0 Å². The van der Waals surface area contributed by atoms with Crippen molar-refractivity contribution in [2.75, 3.05) is 20.3 Å². The number of sulfonamides is 1. The van der Waals surface area contributed by atoms with Gasteiger partial charge in [-0.2, -0.15) is 0 Å². The quantitative estimate of drug-likeness (QED) is 0.589. The Labute approximate surface area is 105 Å². The van der Waals surface area contributed by atoms with Crippen LogP contribution in [0.15, 0.2) is 21.6 Å². The molecule has 1 rings (SSSR count). The van der Waals surface area contributed by atoms with E-state index in [1.807, 2.05) is 0 Å². The maximum Gasteiger partial charge on any atom is 0.274 e. The largest absolute Gasteiger partial charge is 0.446 e. The fourth-order valence-corrected chi connectivity index (χ4v) is 2.60. The molecule has 8 heteroatoms. The van der Waals surface area contributed by atoms with Gasteiger partial charge in [-0.3, -0.25) is 0 Å². The minimum absolute atomic E-state index is 0.146. The average molecular weight is 279 g/mol. The fraction of sp³-hybridized carbons (Fsp3) is 0.600. The first-order valence-electron chi connectivity index (χ1n) is 5.35. The molecule has 0 saturated heterocycles. The summed E-state index contributed by atoms with van der Waals surface area (Å²) in [5, 5.41) is 17.4. The van der Waals surface area contributed by atoms with Crippen molar-refractivity contribution in [1.82, 2.24) is 4.72 Å². The number of ether oxygens (including phenoxy) is 1. The van der Waals surface area contributed by atoms with Crippen molar-refractivity contribution >= 4 is 10.0 Å². The Morgan fingerprint density at radius 1 is 1.44 bits per heavy atom. The third-order valence-electron chi connectivity index (χ3n) is 2.22. The Morgan fingerprint density at radius 2 is 2.17 bits per heavy atom. The summed E-state index contributed by atoms with van der Waals surface area (Å²) >= 11 is 0. The lowest BCUT2D eigenvalue weighted by Crippen LogP contribution is -2.38. The molecule has 0 radical (unpaired) electrons. The van der Waals surface area contributed by atoms with Gasteiger partial charge in [-0.25, -0.2) is 13.1 Å². The molecule has 7 nitrogen and oxygen atoms in total. The molecule has 1 heterocycles. The van der Waals surface area contributed by atoms with Crippen LogP contribution in [0.2, 0.25) is 0 Å². The van der Waals surface area contributed by atoms with Crippen LogP contribution in [0.25, 0.3) is 0 Å². The summed E-state index contributed by atoms with van der Waals surface area (Å²) < 4.78 is 36.0. The molecule has 0 aliphatic heterocycles. The number of hydrogen-bond donors (Lipinski definition) is 3. The summed E-state index contributed by atoms with van der Waals surface area (Å²) in [5.74, 6) is 0.167. The molecule has 0 spiro atoms. The SMILES string of the molecule is COCC(CCO)NS(=O)(=O)c1ccc(CO)o1. The molecule has 0 aromatic carbocycles. The van der Waals surface area contributed by atoms with Crippen LogP contribution >= 0.6 is 0 Å². The highest BCUT2D eigenvalue weighted by Crippen LogP contribution is 2.14. The highest BCUT2D eigenvalue weighted by molar-refractivity contribution is 7.89. The van der Waals surface area contributed by atoms with E-state index in [0.29, 0.717) is 0 Å². The van der Waals surface area contributed by atoms with Crippen LogP contribution in [0.1, 0.15) is 12.2 Å². The van der Waals surface area contributed by atoms with Crippen LogP contribution < -0.4 is 4.72 Å². The molecule has 104 valence electrons. The Kier molecular flexibility index (Phi) is 5.76. The van der Waals surface area contributed by atoms with Crippen LogP contribution in [0.3, 0.4) is 0 Å². The van der Waals surface area contributed by atoms with E-state index >= 15 is 0 Å². The van der Waals surface area contributed by atoms with Crippen LogP contribution in [0, 0.1) is 0 Å². The van der Waals surface area contributed by atoms with E-state index in [4.69, 9.17) is 19.4 Å². The Balaban J connectivity index is 2.78. The average Bonchev–Trinajstić information content (AvgIpc) is 2.78. The van der Waals surface area contributed by atoms with Crippen LogP contribution in [0.5, 0.6) is 0 Å². The maximum absolute atomic E-state index is 11.9. The lowest BCUT2D eigenvalue weighted by molar-refractivity contribution is 0.157. The molecule has 0 saturated carbocycles. The van der Waals surface area contributed by atoms with Gasteiger partial charge in [0, 0.05) is 19.8 Å². The van der Waals surface area contributed by atoms with Gasteiger partial charge in [0.05, 0.1) is 6.61 Å². The second-order valence-electron chi connectivity index (χ2n) is 3.66. The van der Waals surface area contributed by atoms with Gasteiger partial charge < -0.3 is 19.4 Å². The van der Waals surface area contributed by atoms with Crippen LogP contribution in [0.4, 0.5) is 0 Å². The second-order valence-corrected chi connectivity index (χ2v) is 5.31. The molecular formula is C10H17NO6S. The summed E-state index contributed by atoms with van der Waals surface area (Å²) in [5.41, 5.74) is 0. The first kappa shape index (κ1) is 15.1. The van der Waals surface area contributed by atoms with Gasteiger partial charge in [0.2, 0.25) is 5.09 Å². The first-order chi connectivity index (χ1) is 8.53. The van der Waals surface area contributed by atoms with Gasteiger partial charge in [-0.1, -0.05) is 0 Å². The van der Waals surface area contributed by atoms with Gasteiger partial charge >= 0.3 is 0 Å². The molecule has 1 atom stereocenters. The number of aliphatic hydroxyl groups is 2. The smallest absolute Gasteiger partial charge is 0.274 e. The van der Waals surface area contributed by atoms with Crippen molar-refractivity contribution < 1.29 is 27.8 Å². The zero-order valence-electron chi connectivity index (χ0n) is 10.00. The topological polar surface area (TPSA) is 109 Å². The van der Waals surface area contributed by atoms with Gasteiger partial charge in [0.15, 0.2) is 0 Å². The number of hydrogen-bond acceptors (Lipinski definition) is 6. The number of aliphatic hydroxyl groups excluding tert-OH is 2. The lowest BCUT2D eigenvalue weighted by Gasteiger charge is -2.15. The zero-order valence-corrected chi connectivity index (χ0v) is 10.8. The third-order valence-corrected chi connectivity index (χ3v) is 3.62. The molecule has 18 heavy (non-hydrogen) atoms. The molecule has 0 fully saturated rings. The highest BCUT2D eigenvalue weighted by Gasteiger charge is 2.23. The Bertz CT molecular complexity index is 449. The van der Waals surface area contributed by atoms with Crippen molar-refractivity contribution in [3.8, 4) is 0 Å². The molecular weight excluding hydrogens is 262 g/mol. The normalized spacial score (nSPS) is 13.7. The predicted octanol–water partition coefficient (Wildman–Crippen LogP) is -0.552.